The molecule has 1 unspecified atom stereocenters. The van der Waals surface area contributed by atoms with Crippen molar-refractivity contribution in [2.24, 2.45) is 5.41 Å². The van der Waals surface area contributed by atoms with Crippen molar-refractivity contribution in [3.63, 3.8) is 0 Å². The average Bonchev–Trinajstić information content (AvgIpc) is 2.84. The summed E-state index contributed by atoms with van der Waals surface area (Å²) in [5, 5.41) is 7.32. The number of rotatable bonds is 3. The third kappa shape index (κ3) is 2.47. The minimum absolute atomic E-state index is 0.0793. The number of hydrogen-bond acceptors (Lipinski definition) is 3. The lowest BCUT2D eigenvalue weighted by Gasteiger charge is -2.41. The zero-order chi connectivity index (χ0) is 14.3. The van der Waals surface area contributed by atoms with Crippen LogP contribution >= 0.6 is 11.3 Å². The van der Waals surface area contributed by atoms with E-state index in [1.807, 2.05) is 11.3 Å². The predicted octanol–water partition coefficient (Wildman–Crippen LogP) is 4.46. The Bertz CT molecular complexity index is 442. The molecule has 1 fully saturated rings. The van der Waals surface area contributed by atoms with Gasteiger partial charge in [-0.25, -0.2) is 4.98 Å². The lowest BCUT2D eigenvalue weighted by Crippen LogP contribution is -2.49. The normalized spacial score (nSPS) is 26.8. The topological polar surface area (TPSA) is 24.9 Å². The van der Waals surface area contributed by atoms with E-state index >= 15 is 0 Å². The Morgan fingerprint density at radius 2 is 2.00 bits per heavy atom. The second-order valence-corrected chi connectivity index (χ2v) is 8.32. The van der Waals surface area contributed by atoms with Gasteiger partial charge in [0.1, 0.15) is 5.01 Å². The van der Waals surface area contributed by atoms with Crippen molar-refractivity contribution < 1.29 is 0 Å². The first-order valence-electron chi connectivity index (χ1n) is 7.44. The Kier molecular flexibility index (Phi) is 3.83. The van der Waals surface area contributed by atoms with Crippen molar-refractivity contribution in [2.75, 3.05) is 6.54 Å². The zero-order valence-electron chi connectivity index (χ0n) is 13.3. The van der Waals surface area contributed by atoms with E-state index in [0.717, 1.165) is 6.54 Å². The summed E-state index contributed by atoms with van der Waals surface area (Å²) in [6, 6.07) is 0. The molecule has 2 rings (SSSR count). The van der Waals surface area contributed by atoms with Gasteiger partial charge in [-0.2, -0.15) is 0 Å². The van der Waals surface area contributed by atoms with Gasteiger partial charge in [-0.05, 0) is 24.8 Å². The molecular weight excluding hydrogens is 252 g/mol. The van der Waals surface area contributed by atoms with Crippen molar-refractivity contribution in [1.29, 1.82) is 0 Å². The van der Waals surface area contributed by atoms with E-state index < -0.39 is 0 Å². The molecule has 0 aliphatic heterocycles. The SMILES string of the molecule is CCNC1(c2nc(C(C)(C)C)cs2)CCCC1(C)C. The van der Waals surface area contributed by atoms with E-state index in [4.69, 9.17) is 4.98 Å². The molecule has 108 valence electrons. The van der Waals surface area contributed by atoms with Gasteiger partial charge in [0.05, 0.1) is 11.2 Å². The Labute approximate surface area is 122 Å². The summed E-state index contributed by atoms with van der Waals surface area (Å²) in [4.78, 5) is 5.01. The highest BCUT2D eigenvalue weighted by Crippen LogP contribution is 2.53. The van der Waals surface area contributed by atoms with Crippen LogP contribution < -0.4 is 5.32 Å². The fraction of sp³-hybridized carbons (Fsp3) is 0.812. The highest BCUT2D eigenvalue weighted by molar-refractivity contribution is 7.09. The molecule has 3 heteroatoms. The molecule has 1 heterocycles. The molecule has 0 saturated heterocycles. The molecule has 0 spiro atoms. The lowest BCUT2D eigenvalue weighted by molar-refractivity contribution is 0.158. The quantitative estimate of drug-likeness (QED) is 0.884. The maximum absolute atomic E-state index is 5.01. The van der Waals surface area contributed by atoms with Gasteiger partial charge in [-0.3, -0.25) is 0 Å². The Hall–Kier alpha value is -0.410. The predicted molar refractivity (Wildman–Crippen MR) is 83.8 cm³/mol. The molecule has 1 aromatic heterocycles. The third-order valence-electron chi connectivity index (χ3n) is 4.63. The largest absolute Gasteiger partial charge is 0.305 e. The number of aromatic nitrogens is 1. The first-order valence-corrected chi connectivity index (χ1v) is 8.32. The third-order valence-corrected chi connectivity index (χ3v) is 5.63. The molecule has 1 N–H and O–H groups in total. The summed E-state index contributed by atoms with van der Waals surface area (Å²) >= 11 is 1.84. The van der Waals surface area contributed by atoms with Gasteiger partial charge in [0.2, 0.25) is 0 Å². The summed E-state index contributed by atoms with van der Waals surface area (Å²) in [7, 11) is 0. The molecule has 1 aromatic rings. The maximum Gasteiger partial charge on any atom is 0.114 e. The Morgan fingerprint density at radius 1 is 1.32 bits per heavy atom. The van der Waals surface area contributed by atoms with E-state index in [-0.39, 0.29) is 16.4 Å². The molecule has 1 aliphatic carbocycles. The van der Waals surface area contributed by atoms with Gasteiger partial charge in [-0.1, -0.05) is 48.0 Å². The number of nitrogens with one attached hydrogen (secondary N) is 1. The highest BCUT2D eigenvalue weighted by atomic mass is 32.1. The molecule has 0 radical (unpaired) electrons. The molecule has 2 nitrogen and oxygen atoms in total. The van der Waals surface area contributed by atoms with Crippen molar-refractivity contribution in [3.05, 3.63) is 16.1 Å². The summed E-state index contributed by atoms with van der Waals surface area (Å²) in [5.74, 6) is 0. The van der Waals surface area contributed by atoms with Crippen molar-refractivity contribution in [2.45, 2.75) is 71.8 Å². The van der Waals surface area contributed by atoms with Crippen LogP contribution in [0.3, 0.4) is 0 Å². The second kappa shape index (κ2) is 4.85. The first-order chi connectivity index (χ1) is 8.73. The zero-order valence-corrected chi connectivity index (χ0v) is 14.1. The average molecular weight is 280 g/mol. The van der Waals surface area contributed by atoms with E-state index in [1.165, 1.54) is 30.0 Å². The summed E-state index contributed by atoms with van der Waals surface area (Å²) in [6.45, 7) is 14.7. The second-order valence-electron chi connectivity index (χ2n) is 7.46. The minimum Gasteiger partial charge on any atom is -0.305 e. The van der Waals surface area contributed by atoms with Crippen LogP contribution in [-0.2, 0) is 11.0 Å². The lowest BCUT2D eigenvalue weighted by atomic mass is 9.75. The van der Waals surface area contributed by atoms with E-state index in [0.29, 0.717) is 0 Å². The van der Waals surface area contributed by atoms with Crippen molar-refractivity contribution >= 4 is 11.3 Å². The fourth-order valence-corrected chi connectivity index (χ4v) is 4.70. The number of thiazole rings is 1. The Morgan fingerprint density at radius 3 is 2.42 bits per heavy atom. The molecule has 0 amide bonds. The van der Waals surface area contributed by atoms with Crippen LogP contribution in [0, 0.1) is 5.41 Å². The molecule has 1 saturated carbocycles. The van der Waals surface area contributed by atoms with Crippen molar-refractivity contribution in [3.8, 4) is 0 Å². The summed E-state index contributed by atoms with van der Waals surface area (Å²) in [6.07, 6.45) is 3.79. The van der Waals surface area contributed by atoms with Gasteiger partial charge in [-0.15, -0.1) is 11.3 Å². The van der Waals surface area contributed by atoms with Gasteiger partial charge in [0.15, 0.2) is 0 Å². The molecule has 1 aliphatic rings. The highest BCUT2D eigenvalue weighted by Gasteiger charge is 2.51. The molecule has 0 bridgehead atoms. The molecular formula is C16H28N2S. The van der Waals surface area contributed by atoms with Crippen LogP contribution in [0.15, 0.2) is 5.38 Å². The Balaban J connectivity index is 2.43. The molecule has 0 aromatic carbocycles. The van der Waals surface area contributed by atoms with Crippen LogP contribution in [0.1, 0.15) is 71.5 Å². The molecule has 19 heavy (non-hydrogen) atoms. The van der Waals surface area contributed by atoms with E-state index in [2.05, 4.69) is 52.2 Å². The standard InChI is InChI=1S/C16H28N2S/c1-7-17-16(10-8-9-15(16,5)6)13-18-12(11-19-13)14(2,3)4/h11,17H,7-10H2,1-6H3. The van der Waals surface area contributed by atoms with Gasteiger partial charge in [0.25, 0.3) is 0 Å². The van der Waals surface area contributed by atoms with E-state index in [1.54, 1.807) is 0 Å². The first kappa shape index (κ1) is 15.0. The van der Waals surface area contributed by atoms with Gasteiger partial charge in [0, 0.05) is 10.8 Å². The van der Waals surface area contributed by atoms with E-state index in [9.17, 15) is 0 Å². The van der Waals surface area contributed by atoms with Crippen LogP contribution in [0.25, 0.3) is 0 Å². The fourth-order valence-electron chi connectivity index (χ4n) is 3.26. The summed E-state index contributed by atoms with van der Waals surface area (Å²) in [5.41, 5.74) is 1.74. The van der Waals surface area contributed by atoms with Gasteiger partial charge < -0.3 is 5.32 Å². The smallest absolute Gasteiger partial charge is 0.114 e. The maximum atomic E-state index is 5.01. The van der Waals surface area contributed by atoms with Crippen LogP contribution in [0.2, 0.25) is 0 Å². The molecule has 1 atom stereocenters. The number of nitrogens with zero attached hydrogens (tertiary/aromatic N) is 1. The minimum atomic E-state index is 0.0793. The van der Waals surface area contributed by atoms with Gasteiger partial charge >= 0.3 is 0 Å². The van der Waals surface area contributed by atoms with Crippen LogP contribution in [0.4, 0.5) is 0 Å². The van der Waals surface area contributed by atoms with Crippen LogP contribution in [-0.4, -0.2) is 11.5 Å². The van der Waals surface area contributed by atoms with Crippen molar-refractivity contribution in [1.82, 2.24) is 10.3 Å². The summed E-state index contributed by atoms with van der Waals surface area (Å²) < 4.78 is 0. The monoisotopic (exact) mass is 280 g/mol. The number of hydrogen-bond donors (Lipinski definition) is 1. The van der Waals surface area contributed by atoms with Crippen LogP contribution in [0.5, 0.6) is 0 Å².